The van der Waals surface area contributed by atoms with Gasteiger partial charge in [-0.2, -0.15) is 0 Å². The molecule has 0 aromatic heterocycles. The van der Waals surface area contributed by atoms with E-state index in [0.29, 0.717) is 23.7 Å². The second-order valence-electron chi connectivity index (χ2n) is 5.59. The van der Waals surface area contributed by atoms with Crippen molar-refractivity contribution < 1.29 is 42.9 Å². The average molecular weight is 405 g/mol. The van der Waals surface area contributed by atoms with Crippen molar-refractivity contribution >= 4 is 18.6 Å². The third-order valence-corrected chi connectivity index (χ3v) is 3.83. The van der Waals surface area contributed by atoms with E-state index in [0.717, 1.165) is 11.3 Å². The molecule has 0 aliphatic carbocycles. The van der Waals surface area contributed by atoms with Crippen LogP contribution >= 0.6 is 0 Å². The lowest BCUT2D eigenvalue weighted by molar-refractivity contribution is -0.385. The zero-order chi connectivity index (χ0) is 20.6. The molecule has 152 valence electrons. The van der Waals surface area contributed by atoms with Gasteiger partial charge in [-0.15, -0.1) is 0 Å². The minimum atomic E-state index is -0.564. The standard InChI is InChI=1S/C9H7NO6.C9H8O4/c11-4-14-3-6-1-8-9(16-5-15-8)2-7(6)10(12)13;10-5-11-4-7-1-2-8-9(3-7)13-6-12-8/h1-2,4H,3,5H2;1-3,5H,4,6H2. The fourth-order valence-corrected chi connectivity index (χ4v) is 2.54. The topological polar surface area (TPSA) is 133 Å². The Morgan fingerprint density at radius 1 is 0.862 bits per heavy atom. The number of hydrogen-bond acceptors (Lipinski definition) is 10. The monoisotopic (exact) mass is 405 g/mol. The van der Waals surface area contributed by atoms with Crippen LogP contribution < -0.4 is 18.9 Å². The van der Waals surface area contributed by atoms with E-state index in [1.54, 1.807) is 12.1 Å². The van der Waals surface area contributed by atoms with Crippen LogP contribution in [0.2, 0.25) is 0 Å². The molecule has 0 atom stereocenters. The third kappa shape index (κ3) is 4.83. The molecule has 2 aromatic rings. The number of ether oxygens (including phenoxy) is 6. The summed E-state index contributed by atoms with van der Waals surface area (Å²) >= 11 is 0. The summed E-state index contributed by atoms with van der Waals surface area (Å²) in [6.07, 6.45) is 0. The van der Waals surface area contributed by atoms with E-state index in [4.69, 9.17) is 18.9 Å². The van der Waals surface area contributed by atoms with E-state index >= 15 is 0 Å². The summed E-state index contributed by atoms with van der Waals surface area (Å²) < 4.78 is 29.4. The van der Waals surface area contributed by atoms with Crippen LogP contribution in [0.4, 0.5) is 5.69 Å². The van der Waals surface area contributed by atoms with Gasteiger partial charge in [0.1, 0.15) is 13.2 Å². The molecule has 2 heterocycles. The van der Waals surface area contributed by atoms with Crippen molar-refractivity contribution in [2.45, 2.75) is 13.2 Å². The number of carbonyl (C=O) groups is 2. The van der Waals surface area contributed by atoms with Gasteiger partial charge in [0.2, 0.25) is 13.6 Å². The highest BCUT2D eigenvalue weighted by atomic mass is 16.7. The van der Waals surface area contributed by atoms with Crippen molar-refractivity contribution in [1.82, 2.24) is 0 Å². The molecule has 0 bridgehead atoms. The van der Waals surface area contributed by atoms with Gasteiger partial charge < -0.3 is 28.4 Å². The Bertz CT molecular complexity index is 914. The maximum atomic E-state index is 10.8. The molecular weight excluding hydrogens is 390 g/mol. The molecule has 11 heteroatoms. The number of nitro groups is 1. The number of rotatable bonds is 7. The molecule has 4 rings (SSSR count). The highest BCUT2D eigenvalue weighted by molar-refractivity contribution is 5.55. The summed E-state index contributed by atoms with van der Waals surface area (Å²) in [6.45, 7) is 1.04. The Balaban J connectivity index is 0.000000169. The van der Waals surface area contributed by atoms with Crippen LogP contribution in [0.1, 0.15) is 11.1 Å². The van der Waals surface area contributed by atoms with E-state index in [9.17, 15) is 19.7 Å². The fourth-order valence-electron chi connectivity index (χ4n) is 2.54. The zero-order valence-corrected chi connectivity index (χ0v) is 14.9. The smallest absolute Gasteiger partial charge is 0.293 e. The van der Waals surface area contributed by atoms with E-state index in [1.165, 1.54) is 12.1 Å². The summed E-state index contributed by atoms with van der Waals surface area (Å²) in [6, 6.07) is 8.12. The number of fused-ring (bicyclic) bond motifs is 2. The van der Waals surface area contributed by atoms with Crippen LogP contribution in [0.25, 0.3) is 0 Å². The molecule has 0 saturated heterocycles. The lowest BCUT2D eigenvalue weighted by Gasteiger charge is -2.03. The van der Waals surface area contributed by atoms with Crippen LogP contribution in [0, 0.1) is 10.1 Å². The van der Waals surface area contributed by atoms with Crippen molar-refractivity contribution in [2.75, 3.05) is 13.6 Å². The second-order valence-corrected chi connectivity index (χ2v) is 5.59. The number of nitro benzene ring substituents is 1. The van der Waals surface area contributed by atoms with Gasteiger partial charge >= 0.3 is 0 Å². The van der Waals surface area contributed by atoms with Crippen molar-refractivity contribution in [2.24, 2.45) is 0 Å². The Morgan fingerprint density at radius 3 is 2.10 bits per heavy atom. The van der Waals surface area contributed by atoms with Gasteiger partial charge in [-0.3, -0.25) is 19.7 Å². The molecule has 0 N–H and O–H groups in total. The minimum absolute atomic E-state index is 0.0322. The summed E-state index contributed by atoms with van der Waals surface area (Å²) in [5, 5.41) is 10.8. The van der Waals surface area contributed by atoms with Gasteiger partial charge in [0.25, 0.3) is 18.6 Å². The number of hydrogen-bond donors (Lipinski definition) is 0. The Hall–Kier alpha value is -4.02. The third-order valence-electron chi connectivity index (χ3n) is 3.83. The van der Waals surface area contributed by atoms with Crippen LogP contribution in [0.15, 0.2) is 30.3 Å². The van der Waals surface area contributed by atoms with E-state index in [-0.39, 0.29) is 44.5 Å². The summed E-state index contributed by atoms with van der Waals surface area (Å²) in [4.78, 5) is 30.2. The van der Waals surface area contributed by atoms with Gasteiger partial charge in [0, 0.05) is 0 Å². The van der Waals surface area contributed by atoms with Crippen molar-refractivity contribution in [3.05, 3.63) is 51.6 Å². The predicted octanol–water partition coefficient (Wildman–Crippen LogP) is 2.08. The molecule has 0 amide bonds. The first-order valence-corrected chi connectivity index (χ1v) is 8.18. The summed E-state index contributed by atoms with van der Waals surface area (Å²) in [5.74, 6) is 2.17. The van der Waals surface area contributed by atoms with Crippen molar-refractivity contribution in [1.29, 1.82) is 0 Å². The fraction of sp³-hybridized carbons (Fsp3) is 0.222. The number of nitrogens with zero attached hydrogens (tertiary/aromatic N) is 1. The molecule has 0 fully saturated rings. The first kappa shape index (κ1) is 19.7. The lowest BCUT2D eigenvalue weighted by atomic mass is 10.1. The molecule has 2 aliphatic heterocycles. The van der Waals surface area contributed by atoms with E-state index in [2.05, 4.69) is 9.47 Å². The Kier molecular flexibility index (Phi) is 6.30. The molecule has 11 nitrogen and oxygen atoms in total. The van der Waals surface area contributed by atoms with Gasteiger partial charge in [0.15, 0.2) is 23.0 Å². The average Bonchev–Trinajstić information content (AvgIpc) is 3.38. The molecular formula is C18H15NO10. The first-order valence-electron chi connectivity index (χ1n) is 8.18. The van der Waals surface area contributed by atoms with E-state index in [1.807, 2.05) is 6.07 Å². The molecule has 0 unspecified atom stereocenters. The summed E-state index contributed by atoms with van der Waals surface area (Å²) in [7, 11) is 0. The normalized spacial score (nSPS) is 12.4. The Labute approximate surface area is 163 Å². The summed E-state index contributed by atoms with van der Waals surface area (Å²) in [5.41, 5.74) is 0.990. The minimum Gasteiger partial charge on any atom is -0.463 e. The SMILES string of the molecule is O=COCc1cc2c(cc1[N+](=O)[O-])OCO2.O=COCc1ccc2c(c1)OCO2. The lowest BCUT2D eigenvalue weighted by Crippen LogP contribution is -1.98. The quantitative estimate of drug-likeness (QED) is 0.383. The molecule has 0 spiro atoms. The highest BCUT2D eigenvalue weighted by Gasteiger charge is 2.23. The molecule has 0 saturated carbocycles. The van der Waals surface area contributed by atoms with Gasteiger partial charge in [-0.25, -0.2) is 0 Å². The van der Waals surface area contributed by atoms with Crippen molar-refractivity contribution in [3.8, 4) is 23.0 Å². The molecule has 0 radical (unpaired) electrons. The van der Waals surface area contributed by atoms with Crippen LogP contribution in [-0.2, 0) is 32.3 Å². The maximum Gasteiger partial charge on any atom is 0.293 e. The molecule has 2 aromatic carbocycles. The van der Waals surface area contributed by atoms with Crippen molar-refractivity contribution in [3.63, 3.8) is 0 Å². The van der Waals surface area contributed by atoms with E-state index < -0.39 is 4.92 Å². The largest absolute Gasteiger partial charge is 0.463 e. The van der Waals surface area contributed by atoms with Gasteiger partial charge in [0.05, 0.1) is 16.6 Å². The molecule has 29 heavy (non-hydrogen) atoms. The zero-order valence-electron chi connectivity index (χ0n) is 14.9. The van der Waals surface area contributed by atoms with Gasteiger partial charge in [-0.1, -0.05) is 6.07 Å². The molecule has 2 aliphatic rings. The number of benzene rings is 2. The predicted molar refractivity (Wildman–Crippen MR) is 93.5 cm³/mol. The van der Waals surface area contributed by atoms with Gasteiger partial charge in [-0.05, 0) is 23.8 Å². The van der Waals surface area contributed by atoms with Crippen LogP contribution in [0.3, 0.4) is 0 Å². The Morgan fingerprint density at radius 2 is 1.45 bits per heavy atom. The highest BCUT2D eigenvalue weighted by Crippen LogP contribution is 2.38. The van der Waals surface area contributed by atoms with Crippen LogP contribution in [0.5, 0.6) is 23.0 Å². The first-order chi connectivity index (χ1) is 14.1. The number of carbonyl (C=O) groups excluding carboxylic acids is 2. The maximum absolute atomic E-state index is 10.8. The second kappa shape index (κ2) is 9.26. The van der Waals surface area contributed by atoms with Crippen LogP contribution in [-0.4, -0.2) is 31.5 Å².